The topological polar surface area (TPSA) is 123 Å². The second kappa shape index (κ2) is 9.72. The van der Waals surface area contributed by atoms with Gasteiger partial charge in [0.25, 0.3) is 5.91 Å². The van der Waals surface area contributed by atoms with E-state index < -0.39 is 17.6 Å². The number of anilines is 1. The van der Waals surface area contributed by atoms with Crippen LogP contribution >= 0.6 is 11.6 Å². The lowest BCUT2D eigenvalue weighted by atomic mass is 9.91. The quantitative estimate of drug-likeness (QED) is 0.625. The fraction of sp³-hybridized carbons (Fsp3) is 0.333. The smallest absolute Gasteiger partial charge is 0.261 e. The summed E-state index contributed by atoms with van der Waals surface area (Å²) in [5.41, 5.74) is 6.87. The molecule has 178 valence electrons. The molecule has 0 aliphatic carbocycles. The van der Waals surface area contributed by atoms with Crippen molar-refractivity contribution in [2.24, 2.45) is 10.9 Å². The summed E-state index contributed by atoms with van der Waals surface area (Å²) in [6.45, 7) is 1.68. The Kier molecular flexibility index (Phi) is 6.74. The largest absolute Gasteiger partial charge is 0.484 e. The Bertz CT molecular complexity index is 1140. The molecular formula is C24H25ClN4O5. The second-order valence-electron chi connectivity index (χ2n) is 8.36. The van der Waals surface area contributed by atoms with E-state index >= 15 is 0 Å². The number of oxime groups is 1. The fourth-order valence-electron chi connectivity index (χ4n) is 4.12. The number of carbonyl (C=O) groups excluding carboxylic acids is 3. The van der Waals surface area contributed by atoms with Crippen molar-refractivity contribution in [3.63, 3.8) is 0 Å². The zero-order valence-electron chi connectivity index (χ0n) is 18.6. The number of rotatable bonds is 7. The van der Waals surface area contributed by atoms with Gasteiger partial charge in [0.15, 0.2) is 12.2 Å². The molecule has 0 aromatic heterocycles. The number of likely N-dealkylation sites (tertiary alicyclic amines) is 1. The van der Waals surface area contributed by atoms with Crippen LogP contribution in [0.3, 0.4) is 0 Å². The molecule has 2 heterocycles. The van der Waals surface area contributed by atoms with Gasteiger partial charge in [-0.2, -0.15) is 0 Å². The number of carbonyl (C=O) groups is 3. The van der Waals surface area contributed by atoms with E-state index in [0.29, 0.717) is 35.0 Å². The van der Waals surface area contributed by atoms with E-state index in [1.807, 2.05) is 18.2 Å². The minimum Gasteiger partial charge on any atom is -0.484 e. The molecule has 4 rings (SSSR count). The van der Waals surface area contributed by atoms with Crippen molar-refractivity contribution in [1.82, 2.24) is 4.90 Å². The van der Waals surface area contributed by atoms with Crippen LogP contribution in [0.1, 0.15) is 31.7 Å². The number of benzene rings is 2. The molecule has 1 fully saturated rings. The van der Waals surface area contributed by atoms with Crippen molar-refractivity contribution in [3.05, 3.63) is 59.1 Å². The van der Waals surface area contributed by atoms with Gasteiger partial charge in [-0.15, -0.1) is 0 Å². The van der Waals surface area contributed by atoms with E-state index in [1.54, 1.807) is 37.3 Å². The van der Waals surface area contributed by atoms with Crippen LogP contribution in [-0.2, 0) is 19.2 Å². The molecule has 0 radical (unpaired) electrons. The molecule has 2 atom stereocenters. The van der Waals surface area contributed by atoms with E-state index in [1.165, 1.54) is 4.90 Å². The Balaban J connectivity index is 1.43. The minimum atomic E-state index is -0.854. The maximum Gasteiger partial charge on any atom is 0.261 e. The molecule has 2 aromatic carbocycles. The number of ether oxygens (including phenoxy) is 1. The molecule has 2 aliphatic rings. The van der Waals surface area contributed by atoms with Gasteiger partial charge in [-0.3, -0.25) is 14.4 Å². The molecule has 0 saturated carbocycles. The molecule has 3 N–H and O–H groups in total. The average molecular weight is 485 g/mol. The molecule has 2 aromatic rings. The van der Waals surface area contributed by atoms with Crippen molar-refractivity contribution < 1.29 is 24.0 Å². The summed E-state index contributed by atoms with van der Waals surface area (Å²) in [6, 6.07) is 13.1. The Morgan fingerprint density at radius 3 is 2.74 bits per heavy atom. The van der Waals surface area contributed by atoms with Crippen LogP contribution in [0, 0.1) is 0 Å². The van der Waals surface area contributed by atoms with Crippen molar-refractivity contribution >= 4 is 40.7 Å². The van der Waals surface area contributed by atoms with Gasteiger partial charge in [0.2, 0.25) is 11.8 Å². The highest BCUT2D eigenvalue weighted by Crippen LogP contribution is 2.39. The van der Waals surface area contributed by atoms with Crippen LogP contribution in [0.4, 0.5) is 5.69 Å². The zero-order chi connectivity index (χ0) is 24.3. The molecule has 34 heavy (non-hydrogen) atoms. The van der Waals surface area contributed by atoms with Gasteiger partial charge in [-0.05, 0) is 36.4 Å². The van der Waals surface area contributed by atoms with Gasteiger partial charge in [-0.25, -0.2) is 0 Å². The number of nitrogens with two attached hydrogens (primary N) is 1. The average Bonchev–Trinajstić information content (AvgIpc) is 3.43. The Hall–Kier alpha value is -3.59. The molecule has 1 spiro atoms. The van der Waals surface area contributed by atoms with E-state index in [4.69, 9.17) is 26.9 Å². The maximum atomic E-state index is 12.9. The van der Waals surface area contributed by atoms with E-state index in [-0.39, 0.29) is 31.4 Å². The molecule has 0 bridgehead atoms. The van der Waals surface area contributed by atoms with Crippen LogP contribution in [0.5, 0.6) is 5.75 Å². The molecule has 1 saturated heterocycles. The first-order chi connectivity index (χ1) is 16.3. The first-order valence-electron chi connectivity index (χ1n) is 10.9. The highest BCUT2D eigenvalue weighted by molar-refractivity contribution is 6.30. The van der Waals surface area contributed by atoms with Crippen LogP contribution in [-0.4, -0.2) is 53.1 Å². The normalized spacial score (nSPS) is 21.2. The van der Waals surface area contributed by atoms with Crippen molar-refractivity contribution in [1.29, 1.82) is 0 Å². The minimum absolute atomic E-state index is 0.0895. The van der Waals surface area contributed by atoms with Gasteiger partial charge in [0, 0.05) is 35.5 Å². The lowest BCUT2D eigenvalue weighted by Gasteiger charge is -2.23. The Morgan fingerprint density at radius 1 is 1.26 bits per heavy atom. The number of hydrogen-bond acceptors (Lipinski definition) is 6. The van der Waals surface area contributed by atoms with E-state index in [9.17, 15) is 14.4 Å². The number of halogens is 1. The van der Waals surface area contributed by atoms with Crippen LogP contribution in [0.15, 0.2) is 53.7 Å². The third kappa shape index (κ3) is 5.14. The van der Waals surface area contributed by atoms with E-state index in [2.05, 4.69) is 10.5 Å². The summed E-state index contributed by atoms with van der Waals surface area (Å²) in [4.78, 5) is 43.9. The van der Waals surface area contributed by atoms with Gasteiger partial charge in [-0.1, -0.05) is 35.8 Å². The predicted molar refractivity (Wildman–Crippen MR) is 127 cm³/mol. The highest BCUT2D eigenvalue weighted by Gasteiger charge is 2.53. The predicted octanol–water partition coefficient (Wildman–Crippen LogP) is 2.72. The molecule has 9 nitrogen and oxygen atoms in total. The van der Waals surface area contributed by atoms with Crippen molar-refractivity contribution in [3.8, 4) is 5.75 Å². The summed E-state index contributed by atoms with van der Waals surface area (Å²) in [5.74, 6) is -0.594. The van der Waals surface area contributed by atoms with Gasteiger partial charge >= 0.3 is 0 Å². The Morgan fingerprint density at radius 2 is 2.03 bits per heavy atom. The fourth-order valence-corrected chi connectivity index (χ4v) is 4.25. The van der Waals surface area contributed by atoms with Gasteiger partial charge < -0.3 is 25.5 Å². The first-order valence-corrected chi connectivity index (χ1v) is 11.3. The number of amides is 3. The first kappa shape index (κ1) is 23.6. The van der Waals surface area contributed by atoms with Crippen LogP contribution in [0.2, 0.25) is 5.02 Å². The van der Waals surface area contributed by atoms with Gasteiger partial charge in [0.05, 0.1) is 12.3 Å². The molecule has 10 heteroatoms. The molecular weight excluding hydrogens is 460 g/mol. The lowest BCUT2D eigenvalue weighted by molar-refractivity contribution is -0.139. The van der Waals surface area contributed by atoms with Crippen molar-refractivity contribution in [2.45, 2.75) is 37.8 Å². The van der Waals surface area contributed by atoms with Crippen LogP contribution < -0.4 is 15.8 Å². The summed E-state index contributed by atoms with van der Waals surface area (Å²) in [7, 11) is 0. The lowest BCUT2D eigenvalue weighted by Crippen LogP contribution is -2.45. The number of nitrogens with one attached hydrogen (secondary N) is 1. The molecule has 3 amide bonds. The number of primary amides is 1. The second-order valence-corrected chi connectivity index (χ2v) is 8.79. The molecule has 1 unspecified atom stereocenters. The summed E-state index contributed by atoms with van der Waals surface area (Å²) >= 11 is 5.87. The molecule has 2 aliphatic heterocycles. The third-order valence-electron chi connectivity index (χ3n) is 5.86. The Labute approximate surface area is 201 Å². The van der Waals surface area contributed by atoms with E-state index in [0.717, 1.165) is 5.56 Å². The zero-order valence-corrected chi connectivity index (χ0v) is 19.4. The summed E-state index contributed by atoms with van der Waals surface area (Å²) in [5, 5.41) is 7.62. The number of hydrogen-bond donors (Lipinski definition) is 2. The third-order valence-corrected chi connectivity index (χ3v) is 6.12. The van der Waals surface area contributed by atoms with Gasteiger partial charge in [0.1, 0.15) is 11.8 Å². The highest BCUT2D eigenvalue weighted by atomic mass is 35.5. The monoisotopic (exact) mass is 484 g/mol. The maximum absolute atomic E-state index is 12.9. The van der Waals surface area contributed by atoms with Crippen molar-refractivity contribution in [2.75, 3.05) is 18.5 Å². The number of nitrogens with zero attached hydrogens (tertiary/aromatic N) is 2. The summed E-state index contributed by atoms with van der Waals surface area (Å²) < 4.78 is 5.55. The standard InChI is InChI=1S/C24H25ClN4O5/c1-2-21(30)27-17-5-3-4-15(10-17)19-11-24(34-28-19)12-20(23(26)32)29(14-24)22(31)13-33-18-8-6-16(25)7-9-18/h3-10,20H,2,11-14H2,1H3,(H2,26,32)(H,27,30)/t20-,24?/m0/s1. The SMILES string of the molecule is CCC(=O)Nc1cccc(C2=NOC3(C2)C[C@@H](C(N)=O)N(C(=O)COc2ccc(Cl)cc2)C3)c1. The van der Waals surface area contributed by atoms with Crippen LogP contribution in [0.25, 0.3) is 0 Å². The summed E-state index contributed by atoms with van der Waals surface area (Å²) in [6.07, 6.45) is 0.996.